The van der Waals surface area contributed by atoms with Crippen LogP contribution >= 0.6 is 47.0 Å². The van der Waals surface area contributed by atoms with Crippen molar-refractivity contribution in [2.75, 3.05) is 11.5 Å². The molecular weight excluding hydrogens is 248 g/mol. The summed E-state index contributed by atoms with van der Waals surface area (Å²) in [5, 5.41) is 0. The van der Waals surface area contributed by atoms with Crippen molar-refractivity contribution in [1.29, 1.82) is 0 Å². The van der Waals surface area contributed by atoms with Crippen molar-refractivity contribution in [1.82, 2.24) is 0 Å². The van der Waals surface area contributed by atoms with Gasteiger partial charge in [0.25, 0.3) is 0 Å². The second kappa shape index (κ2) is 4.08. The third-order valence-electron chi connectivity index (χ3n) is 1.97. The van der Waals surface area contributed by atoms with E-state index in [-0.39, 0.29) is 0 Å². The van der Waals surface area contributed by atoms with Crippen LogP contribution in [-0.2, 0) is 0 Å². The fraction of sp³-hybridized carbons (Fsp3) is 0.200. The largest absolute Gasteiger partial charge is 0.117 e. The van der Waals surface area contributed by atoms with Gasteiger partial charge in [0.05, 0.1) is 8.47 Å². The highest BCUT2D eigenvalue weighted by Gasteiger charge is 2.22. The van der Waals surface area contributed by atoms with E-state index < -0.39 is 0 Å². The number of thioether (sulfide) groups is 4. The predicted octanol–water partition coefficient (Wildman–Crippen LogP) is 4.49. The van der Waals surface area contributed by atoms with Crippen LogP contribution in [0, 0.1) is 0 Å². The number of fused-ring (bicyclic) bond motifs is 1. The van der Waals surface area contributed by atoms with Gasteiger partial charge in [-0.25, -0.2) is 0 Å². The van der Waals surface area contributed by atoms with Gasteiger partial charge in [-0.05, 0) is 12.1 Å². The molecule has 0 unspecified atom stereocenters. The van der Waals surface area contributed by atoms with E-state index in [1.807, 2.05) is 47.0 Å². The molecule has 1 aromatic carbocycles. The summed E-state index contributed by atoms with van der Waals surface area (Å²) in [5.74, 6) is 2.56. The Bertz CT molecular complexity index is 362. The van der Waals surface area contributed by atoms with E-state index in [0.29, 0.717) is 0 Å². The summed E-state index contributed by atoms with van der Waals surface area (Å²) >= 11 is 7.89. The van der Waals surface area contributed by atoms with Crippen LogP contribution in [-0.4, -0.2) is 11.5 Å². The normalized spacial score (nSPS) is 20.3. The molecule has 0 aromatic heterocycles. The summed E-state index contributed by atoms with van der Waals surface area (Å²) in [6.07, 6.45) is 0. The Labute approximate surface area is 101 Å². The highest BCUT2D eigenvalue weighted by atomic mass is 32.2. The molecule has 0 atom stereocenters. The van der Waals surface area contributed by atoms with Crippen molar-refractivity contribution < 1.29 is 0 Å². The molecule has 14 heavy (non-hydrogen) atoms. The number of hydrogen-bond acceptors (Lipinski definition) is 4. The van der Waals surface area contributed by atoms with Crippen molar-refractivity contribution in [3.05, 3.63) is 32.7 Å². The van der Waals surface area contributed by atoms with Gasteiger partial charge >= 0.3 is 0 Å². The summed E-state index contributed by atoms with van der Waals surface area (Å²) in [4.78, 5) is 2.85. The maximum absolute atomic E-state index is 2.21. The zero-order chi connectivity index (χ0) is 9.38. The number of benzene rings is 1. The second-order valence-electron chi connectivity index (χ2n) is 2.92. The van der Waals surface area contributed by atoms with Crippen LogP contribution in [0.2, 0.25) is 0 Å². The summed E-state index contributed by atoms with van der Waals surface area (Å²) in [5.41, 5.74) is 0. The second-order valence-corrected chi connectivity index (χ2v) is 7.75. The van der Waals surface area contributed by atoms with E-state index in [0.717, 1.165) is 0 Å². The molecule has 4 heteroatoms. The zero-order valence-corrected chi connectivity index (χ0v) is 10.6. The molecule has 1 aromatic rings. The molecule has 1 fully saturated rings. The molecule has 2 heterocycles. The molecular formula is C10H8S4. The van der Waals surface area contributed by atoms with Gasteiger partial charge < -0.3 is 0 Å². The van der Waals surface area contributed by atoms with Crippen molar-refractivity contribution in [2.24, 2.45) is 0 Å². The zero-order valence-electron chi connectivity index (χ0n) is 7.36. The quantitative estimate of drug-likeness (QED) is 0.670. The standard InChI is InChI=1S/C10H8S4/c1-2-4-8-7(3-1)13-10(14-8)9-11-5-6-12-9/h1-4H,5-6H2. The molecule has 1 saturated heterocycles. The van der Waals surface area contributed by atoms with Crippen molar-refractivity contribution >= 4 is 47.0 Å². The minimum Gasteiger partial charge on any atom is -0.117 e. The third kappa shape index (κ3) is 1.73. The number of rotatable bonds is 0. The van der Waals surface area contributed by atoms with E-state index in [9.17, 15) is 0 Å². The Kier molecular flexibility index (Phi) is 2.79. The first-order valence-electron chi connectivity index (χ1n) is 4.38. The number of hydrogen-bond donors (Lipinski definition) is 0. The fourth-order valence-corrected chi connectivity index (χ4v) is 6.82. The minimum atomic E-state index is 1.28. The maximum atomic E-state index is 2.21. The van der Waals surface area contributed by atoms with Gasteiger partial charge in [0, 0.05) is 21.3 Å². The van der Waals surface area contributed by atoms with Crippen LogP contribution in [0.15, 0.2) is 42.5 Å². The molecule has 0 saturated carbocycles. The SMILES string of the molecule is c1ccc2c(c1)SC(=C1SCCS1)S2. The van der Waals surface area contributed by atoms with Gasteiger partial charge in [0.1, 0.15) is 0 Å². The van der Waals surface area contributed by atoms with E-state index in [2.05, 4.69) is 24.3 Å². The fourth-order valence-electron chi connectivity index (χ4n) is 1.35. The van der Waals surface area contributed by atoms with Gasteiger partial charge in [-0.3, -0.25) is 0 Å². The first kappa shape index (κ1) is 9.58. The molecule has 2 aliphatic rings. The van der Waals surface area contributed by atoms with Gasteiger partial charge in [-0.15, -0.1) is 23.5 Å². The van der Waals surface area contributed by atoms with Crippen LogP contribution in [0.3, 0.4) is 0 Å². The van der Waals surface area contributed by atoms with Crippen molar-refractivity contribution in [2.45, 2.75) is 9.79 Å². The smallest absolute Gasteiger partial charge is 0.0699 e. The summed E-state index contributed by atoms with van der Waals surface area (Å²) in [7, 11) is 0. The molecule has 0 radical (unpaired) electrons. The highest BCUT2D eigenvalue weighted by molar-refractivity contribution is 8.30. The van der Waals surface area contributed by atoms with Gasteiger partial charge in [-0.1, -0.05) is 35.7 Å². The average Bonchev–Trinajstić information content (AvgIpc) is 2.86. The van der Waals surface area contributed by atoms with E-state index >= 15 is 0 Å². The lowest BCUT2D eigenvalue weighted by Crippen LogP contribution is -1.65. The van der Waals surface area contributed by atoms with Crippen LogP contribution in [0.1, 0.15) is 0 Å². The molecule has 3 rings (SSSR count). The molecule has 0 N–H and O–H groups in total. The molecule has 0 aliphatic carbocycles. The summed E-state index contributed by atoms with van der Waals surface area (Å²) < 4.78 is 3.04. The Hall–Kier alpha value is 0.360. The maximum Gasteiger partial charge on any atom is 0.0699 e. The van der Waals surface area contributed by atoms with Gasteiger partial charge in [-0.2, -0.15) is 0 Å². The molecule has 0 amide bonds. The lowest BCUT2D eigenvalue weighted by Gasteiger charge is -1.97. The van der Waals surface area contributed by atoms with Crippen LogP contribution in [0.4, 0.5) is 0 Å². The van der Waals surface area contributed by atoms with Gasteiger partial charge in [0.15, 0.2) is 0 Å². The minimum absolute atomic E-state index is 1.28. The third-order valence-corrected chi connectivity index (χ3v) is 7.76. The molecule has 0 spiro atoms. The van der Waals surface area contributed by atoms with Crippen molar-refractivity contribution in [3.8, 4) is 0 Å². The van der Waals surface area contributed by atoms with Crippen LogP contribution < -0.4 is 0 Å². The summed E-state index contributed by atoms with van der Waals surface area (Å²) in [6, 6.07) is 8.67. The van der Waals surface area contributed by atoms with E-state index in [1.54, 1.807) is 0 Å². The Morgan fingerprint density at radius 1 is 0.786 bits per heavy atom. The lowest BCUT2D eigenvalue weighted by molar-refractivity contribution is 1.27. The predicted molar refractivity (Wildman–Crippen MR) is 70.1 cm³/mol. The monoisotopic (exact) mass is 256 g/mol. The summed E-state index contributed by atoms with van der Waals surface area (Å²) in [6.45, 7) is 0. The molecule has 72 valence electrons. The molecule has 0 nitrogen and oxygen atoms in total. The Morgan fingerprint density at radius 3 is 1.93 bits per heavy atom. The van der Waals surface area contributed by atoms with Crippen molar-refractivity contribution in [3.63, 3.8) is 0 Å². The van der Waals surface area contributed by atoms with E-state index in [4.69, 9.17) is 0 Å². The Balaban J connectivity index is 1.94. The topological polar surface area (TPSA) is 0 Å². The lowest BCUT2D eigenvalue weighted by atomic mass is 10.4. The van der Waals surface area contributed by atoms with Gasteiger partial charge in [0.2, 0.25) is 0 Å². The first-order valence-corrected chi connectivity index (χ1v) is 7.98. The Morgan fingerprint density at radius 2 is 1.36 bits per heavy atom. The highest BCUT2D eigenvalue weighted by Crippen LogP contribution is 2.56. The van der Waals surface area contributed by atoms with Crippen LogP contribution in [0.5, 0.6) is 0 Å². The van der Waals surface area contributed by atoms with Crippen LogP contribution in [0.25, 0.3) is 0 Å². The van der Waals surface area contributed by atoms with E-state index in [1.165, 1.54) is 29.8 Å². The molecule has 2 aliphatic heterocycles. The average molecular weight is 256 g/mol. The molecule has 0 bridgehead atoms. The first-order chi connectivity index (χ1) is 6.93.